The maximum atomic E-state index is 14.2. The molecule has 150 valence electrons. The molecule has 0 saturated heterocycles. The SMILES string of the molecule is O=C(O)c1cc(Cl)c(O)c(S(=O)(=O)Nc2cc(-c3ccccc3)c(F)cc2F)c1. The Morgan fingerprint density at radius 3 is 2.28 bits per heavy atom. The molecule has 3 aromatic rings. The van der Waals surface area contributed by atoms with E-state index in [4.69, 9.17) is 16.7 Å². The molecule has 0 radical (unpaired) electrons. The number of carboxylic acids is 1. The van der Waals surface area contributed by atoms with Gasteiger partial charge in [0.25, 0.3) is 10.0 Å². The fourth-order valence-electron chi connectivity index (χ4n) is 2.57. The van der Waals surface area contributed by atoms with E-state index in [1.807, 2.05) is 4.72 Å². The molecule has 0 atom stereocenters. The van der Waals surface area contributed by atoms with E-state index < -0.39 is 54.5 Å². The van der Waals surface area contributed by atoms with E-state index in [1.165, 1.54) is 0 Å². The van der Waals surface area contributed by atoms with Crippen LogP contribution in [0.15, 0.2) is 59.5 Å². The Hall–Kier alpha value is -3.17. The summed E-state index contributed by atoms with van der Waals surface area (Å²) in [5, 5.41) is 18.5. The molecule has 0 bridgehead atoms. The number of phenolic OH excluding ortho intramolecular Hbond substituents is 1. The molecule has 0 aromatic heterocycles. The van der Waals surface area contributed by atoms with E-state index in [1.54, 1.807) is 30.3 Å². The predicted octanol–water partition coefficient (Wildman–Crippen LogP) is 4.49. The first-order chi connectivity index (χ1) is 13.6. The molecule has 0 aliphatic heterocycles. The van der Waals surface area contributed by atoms with Gasteiger partial charge in [-0.2, -0.15) is 0 Å². The first-order valence-electron chi connectivity index (χ1n) is 7.93. The van der Waals surface area contributed by atoms with Gasteiger partial charge in [-0.25, -0.2) is 22.0 Å². The fourth-order valence-corrected chi connectivity index (χ4v) is 4.05. The highest BCUT2D eigenvalue weighted by Crippen LogP contribution is 2.35. The van der Waals surface area contributed by atoms with Crippen LogP contribution in [0.25, 0.3) is 11.1 Å². The van der Waals surface area contributed by atoms with Gasteiger partial charge in [0.1, 0.15) is 16.5 Å². The van der Waals surface area contributed by atoms with E-state index in [-0.39, 0.29) is 5.56 Å². The van der Waals surface area contributed by atoms with Gasteiger partial charge < -0.3 is 10.2 Å². The minimum Gasteiger partial charge on any atom is -0.505 e. The second-order valence-electron chi connectivity index (χ2n) is 5.89. The summed E-state index contributed by atoms with van der Waals surface area (Å²) in [5.41, 5.74) is -0.783. The monoisotopic (exact) mass is 439 g/mol. The van der Waals surface area contributed by atoms with Crippen LogP contribution in [-0.4, -0.2) is 24.6 Å². The van der Waals surface area contributed by atoms with Crippen molar-refractivity contribution < 1.29 is 32.2 Å². The number of aromatic hydroxyl groups is 1. The van der Waals surface area contributed by atoms with Crippen molar-refractivity contribution in [2.24, 2.45) is 0 Å². The van der Waals surface area contributed by atoms with Crippen molar-refractivity contribution in [3.05, 3.63) is 76.8 Å². The number of hydrogen-bond donors (Lipinski definition) is 3. The second kappa shape index (κ2) is 7.69. The average Bonchev–Trinajstić information content (AvgIpc) is 2.66. The van der Waals surface area contributed by atoms with Crippen LogP contribution in [0.2, 0.25) is 5.02 Å². The van der Waals surface area contributed by atoms with Gasteiger partial charge in [0.05, 0.1) is 16.3 Å². The van der Waals surface area contributed by atoms with Crippen LogP contribution >= 0.6 is 11.6 Å². The number of benzene rings is 3. The van der Waals surface area contributed by atoms with Crippen LogP contribution in [0.5, 0.6) is 5.75 Å². The van der Waals surface area contributed by atoms with Crippen LogP contribution in [0.3, 0.4) is 0 Å². The molecule has 0 fully saturated rings. The molecule has 3 aromatic carbocycles. The molecular weight excluding hydrogens is 428 g/mol. The molecule has 29 heavy (non-hydrogen) atoms. The summed E-state index contributed by atoms with van der Waals surface area (Å²) in [7, 11) is -4.67. The summed E-state index contributed by atoms with van der Waals surface area (Å²) in [4.78, 5) is 10.3. The van der Waals surface area contributed by atoms with Crippen molar-refractivity contribution in [3.63, 3.8) is 0 Å². The van der Waals surface area contributed by atoms with Crippen molar-refractivity contribution >= 4 is 33.3 Å². The Morgan fingerprint density at radius 1 is 1.00 bits per heavy atom. The van der Waals surface area contributed by atoms with Gasteiger partial charge in [-0.3, -0.25) is 4.72 Å². The number of sulfonamides is 1. The Morgan fingerprint density at radius 2 is 1.66 bits per heavy atom. The van der Waals surface area contributed by atoms with Crippen LogP contribution in [-0.2, 0) is 10.0 Å². The normalized spacial score (nSPS) is 11.3. The van der Waals surface area contributed by atoms with Gasteiger partial charge in [0.15, 0.2) is 5.75 Å². The van der Waals surface area contributed by atoms with E-state index in [9.17, 15) is 27.1 Å². The highest BCUT2D eigenvalue weighted by Gasteiger charge is 2.25. The number of hydrogen-bond acceptors (Lipinski definition) is 4. The summed E-state index contributed by atoms with van der Waals surface area (Å²) in [5.74, 6) is -4.50. The lowest BCUT2D eigenvalue weighted by Gasteiger charge is -2.13. The number of aromatic carboxylic acids is 1. The van der Waals surface area contributed by atoms with Crippen molar-refractivity contribution in [1.82, 2.24) is 0 Å². The van der Waals surface area contributed by atoms with E-state index in [0.29, 0.717) is 17.7 Å². The Labute approximate surface area is 169 Å². The van der Waals surface area contributed by atoms with Gasteiger partial charge in [0, 0.05) is 11.6 Å². The molecule has 3 N–H and O–H groups in total. The lowest BCUT2D eigenvalue weighted by atomic mass is 10.0. The fraction of sp³-hybridized carbons (Fsp3) is 0. The standard InChI is InChI=1S/C19H12ClF2NO5S/c20-13-6-11(19(25)26)7-17(18(13)24)29(27,28)23-16-8-12(14(21)9-15(16)22)10-4-2-1-3-5-10/h1-9,23-24H,(H,25,26). The minimum absolute atomic E-state index is 0.0637. The summed E-state index contributed by atoms with van der Waals surface area (Å²) in [6, 6.07) is 11.1. The minimum atomic E-state index is -4.67. The van der Waals surface area contributed by atoms with Gasteiger partial charge in [-0.1, -0.05) is 41.9 Å². The van der Waals surface area contributed by atoms with Crippen LogP contribution in [0, 0.1) is 11.6 Å². The zero-order valence-electron chi connectivity index (χ0n) is 14.4. The summed E-state index contributed by atoms with van der Waals surface area (Å²) in [6.45, 7) is 0. The van der Waals surface area contributed by atoms with Crippen molar-refractivity contribution in [2.75, 3.05) is 4.72 Å². The zero-order chi connectivity index (χ0) is 21.3. The first kappa shape index (κ1) is 20.6. The van der Waals surface area contributed by atoms with E-state index >= 15 is 0 Å². The maximum absolute atomic E-state index is 14.2. The van der Waals surface area contributed by atoms with Gasteiger partial charge in [-0.15, -0.1) is 0 Å². The highest BCUT2D eigenvalue weighted by atomic mass is 35.5. The molecule has 0 amide bonds. The van der Waals surface area contributed by atoms with Crippen LogP contribution < -0.4 is 4.72 Å². The first-order valence-corrected chi connectivity index (χ1v) is 9.79. The number of carboxylic acid groups (broad SMARTS) is 1. The van der Waals surface area contributed by atoms with Crippen LogP contribution in [0.1, 0.15) is 10.4 Å². The number of nitrogens with one attached hydrogen (secondary N) is 1. The molecule has 10 heteroatoms. The largest absolute Gasteiger partial charge is 0.505 e. The quantitative estimate of drug-likeness (QED) is 0.543. The Bertz CT molecular complexity index is 1220. The average molecular weight is 440 g/mol. The smallest absolute Gasteiger partial charge is 0.335 e. The number of phenols is 1. The van der Waals surface area contributed by atoms with Gasteiger partial charge >= 0.3 is 5.97 Å². The third-order valence-corrected chi connectivity index (χ3v) is 5.62. The number of carbonyl (C=O) groups is 1. The Kier molecular flexibility index (Phi) is 5.45. The van der Waals surface area contributed by atoms with Crippen molar-refractivity contribution in [3.8, 4) is 16.9 Å². The molecule has 6 nitrogen and oxygen atoms in total. The number of halogens is 3. The van der Waals surface area contributed by atoms with Crippen LogP contribution in [0.4, 0.5) is 14.5 Å². The molecule has 0 aliphatic rings. The zero-order valence-corrected chi connectivity index (χ0v) is 15.9. The molecule has 3 rings (SSSR count). The second-order valence-corrected chi connectivity index (χ2v) is 7.95. The highest BCUT2D eigenvalue weighted by molar-refractivity contribution is 7.92. The van der Waals surface area contributed by atoms with Gasteiger partial charge in [0.2, 0.25) is 0 Å². The Balaban J connectivity index is 2.09. The topological polar surface area (TPSA) is 104 Å². The summed E-state index contributed by atoms with van der Waals surface area (Å²) >= 11 is 5.70. The lowest BCUT2D eigenvalue weighted by Crippen LogP contribution is -2.15. The summed E-state index contributed by atoms with van der Waals surface area (Å²) < 4.78 is 55.6. The molecule has 0 aliphatic carbocycles. The van der Waals surface area contributed by atoms with E-state index in [0.717, 1.165) is 12.1 Å². The predicted molar refractivity (Wildman–Crippen MR) is 103 cm³/mol. The van der Waals surface area contributed by atoms with Gasteiger partial charge in [-0.05, 0) is 23.8 Å². The number of anilines is 1. The van der Waals surface area contributed by atoms with Crippen molar-refractivity contribution in [2.45, 2.75) is 4.90 Å². The molecular formula is C19H12ClF2NO5S. The molecule has 0 heterocycles. The molecule has 0 spiro atoms. The summed E-state index contributed by atoms with van der Waals surface area (Å²) in [6.07, 6.45) is 0. The maximum Gasteiger partial charge on any atom is 0.335 e. The van der Waals surface area contributed by atoms with Crippen molar-refractivity contribution in [1.29, 1.82) is 0 Å². The van der Waals surface area contributed by atoms with E-state index in [2.05, 4.69) is 0 Å². The number of rotatable bonds is 5. The molecule has 0 unspecified atom stereocenters. The molecule has 0 saturated carbocycles. The third-order valence-electron chi connectivity index (χ3n) is 3.95. The lowest BCUT2D eigenvalue weighted by molar-refractivity contribution is 0.0696. The third kappa shape index (κ3) is 4.15.